The Morgan fingerprint density at radius 3 is 2.73 bits per heavy atom. The average Bonchev–Trinajstić information content (AvgIpc) is 2.45. The molecule has 0 saturated carbocycles. The second kappa shape index (κ2) is 4.97. The maximum absolute atomic E-state index is 11.7. The molecule has 0 unspecified atom stereocenters. The molecule has 0 radical (unpaired) electrons. The van der Waals surface area contributed by atoms with Gasteiger partial charge in [-0.05, 0) is 18.6 Å². The number of thiophene rings is 1. The molecule has 0 amide bonds. The predicted molar refractivity (Wildman–Crippen MR) is 67.3 cm³/mol. The molecular formula is C8H9BrClNO2S2. The Morgan fingerprint density at radius 1 is 1.73 bits per heavy atom. The van der Waals surface area contributed by atoms with Gasteiger partial charge in [0.1, 0.15) is 4.21 Å². The lowest BCUT2D eigenvalue weighted by Gasteiger charge is -2.02. The minimum atomic E-state index is -3.46. The molecular weight excluding hydrogens is 322 g/mol. The molecule has 0 aliphatic rings. The Kier molecular flexibility index (Phi) is 4.37. The fraction of sp³-hybridized carbons (Fsp3) is 0.250. The summed E-state index contributed by atoms with van der Waals surface area (Å²) in [5, 5.41) is 0. The van der Waals surface area contributed by atoms with Crippen LogP contribution in [-0.4, -0.2) is 15.0 Å². The lowest BCUT2D eigenvalue weighted by atomic mass is 10.4. The third kappa shape index (κ3) is 3.57. The van der Waals surface area contributed by atoms with Gasteiger partial charge in [0, 0.05) is 11.0 Å². The normalized spacial score (nSPS) is 11.7. The Hall–Kier alpha value is 0.120. The van der Waals surface area contributed by atoms with Crippen LogP contribution in [-0.2, 0) is 10.0 Å². The summed E-state index contributed by atoms with van der Waals surface area (Å²) in [6, 6.07) is 1.55. The molecule has 0 aromatic carbocycles. The van der Waals surface area contributed by atoms with Gasteiger partial charge in [0.25, 0.3) is 0 Å². The smallest absolute Gasteiger partial charge is 0.206 e. The van der Waals surface area contributed by atoms with Crippen LogP contribution < -0.4 is 4.72 Å². The van der Waals surface area contributed by atoms with Gasteiger partial charge in [-0.3, -0.25) is 0 Å². The Labute approximate surface area is 106 Å². The first kappa shape index (κ1) is 13.2. The van der Waals surface area contributed by atoms with Crippen molar-refractivity contribution in [3.05, 3.63) is 27.0 Å². The van der Waals surface area contributed by atoms with E-state index < -0.39 is 10.0 Å². The van der Waals surface area contributed by atoms with Crippen molar-refractivity contribution in [3.63, 3.8) is 0 Å². The van der Waals surface area contributed by atoms with Crippen molar-refractivity contribution in [1.82, 2.24) is 4.72 Å². The van der Waals surface area contributed by atoms with Crippen LogP contribution in [0, 0.1) is 6.92 Å². The average molecular weight is 331 g/mol. The fourth-order valence-corrected chi connectivity index (χ4v) is 3.91. The van der Waals surface area contributed by atoms with Crippen LogP contribution in [0.4, 0.5) is 0 Å². The van der Waals surface area contributed by atoms with Crippen molar-refractivity contribution in [3.8, 4) is 0 Å². The molecule has 0 bridgehead atoms. The predicted octanol–water partition coefficient (Wildman–Crippen LogP) is 2.90. The van der Waals surface area contributed by atoms with Crippen molar-refractivity contribution in [2.45, 2.75) is 11.1 Å². The first-order valence-corrected chi connectivity index (χ1v) is 7.39. The van der Waals surface area contributed by atoms with Crippen LogP contribution in [0.15, 0.2) is 21.3 Å². The van der Waals surface area contributed by atoms with Crippen molar-refractivity contribution in [1.29, 1.82) is 0 Å². The SMILES string of the molecule is C=C(Br)CNS(=O)(=O)c1cc(C)c(Cl)s1. The van der Waals surface area contributed by atoms with E-state index in [2.05, 4.69) is 27.2 Å². The largest absolute Gasteiger partial charge is 0.250 e. The van der Waals surface area contributed by atoms with Crippen LogP contribution in [0.5, 0.6) is 0 Å². The molecule has 0 aliphatic carbocycles. The molecule has 1 aromatic heterocycles. The first-order chi connectivity index (χ1) is 6.83. The zero-order valence-electron chi connectivity index (χ0n) is 7.88. The standard InChI is InChI=1S/C8H9BrClNO2S2/c1-5-3-7(14-8(5)10)15(12,13)11-4-6(2)9/h3,11H,2,4H2,1H3. The van der Waals surface area contributed by atoms with Crippen LogP contribution in [0.1, 0.15) is 5.56 Å². The van der Waals surface area contributed by atoms with E-state index in [1.165, 1.54) is 0 Å². The van der Waals surface area contributed by atoms with Gasteiger partial charge in [0.15, 0.2) is 0 Å². The van der Waals surface area contributed by atoms with E-state index in [4.69, 9.17) is 11.6 Å². The molecule has 0 atom stereocenters. The molecule has 84 valence electrons. The third-order valence-electron chi connectivity index (χ3n) is 1.55. The maximum Gasteiger partial charge on any atom is 0.250 e. The Morgan fingerprint density at radius 2 is 2.33 bits per heavy atom. The van der Waals surface area contributed by atoms with E-state index in [1.807, 2.05) is 0 Å². The van der Waals surface area contributed by atoms with Crippen molar-refractivity contribution in [2.24, 2.45) is 0 Å². The summed E-state index contributed by atoms with van der Waals surface area (Å²) in [7, 11) is -3.46. The van der Waals surface area contributed by atoms with Gasteiger partial charge in [-0.1, -0.05) is 34.1 Å². The number of sulfonamides is 1. The summed E-state index contributed by atoms with van der Waals surface area (Å²) in [5.74, 6) is 0. The second-order valence-electron chi connectivity index (χ2n) is 2.86. The van der Waals surface area contributed by atoms with E-state index in [0.717, 1.165) is 16.9 Å². The van der Waals surface area contributed by atoms with Crippen LogP contribution in [0.2, 0.25) is 4.34 Å². The number of hydrogen-bond acceptors (Lipinski definition) is 3. The number of halogens is 2. The highest BCUT2D eigenvalue weighted by molar-refractivity contribution is 9.11. The van der Waals surface area contributed by atoms with Crippen LogP contribution >= 0.6 is 38.9 Å². The molecule has 0 spiro atoms. The summed E-state index contributed by atoms with van der Waals surface area (Å²) in [6.45, 7) is 5.47. The third-order valence-corrected chi connectivity index (χ3v) is 5.26. The van der Waals surface area contributed by atoms with Gasteiger partial charge in [0.05, 0.1) is 4.34 Å². The summed E-state index contributed by atoms with van der Waals surface area (Å²) >= 11 is 9.92. The molecule has 1 aromatic rings. The molecule has 1 N–H and O–H groups in total. The molecule has 1 heterocycles. The summed E-state index contributed by atoms with van der Waals surface area (Å²) in [4.78, 5) is 0. The number of rotatable bonds is 4. The molecule has 15 heavy (non-hydrogen) atoms. The Bertz CT molecular complexity index is 461. The molecule has 1 rings (SSSR count). The monoisotopic (exact) mass is 329 g/mol. The van der Waals surface area contributed by atoms with E-state index in [1.54, 1.807) is 13.0 Å². The lowest BCUT2D eigenvalue weighted by molar-refractivity contribution is 0.587. The second-order valence-corrected chi connectivity index (χ2v) is 7.63. The molecule has 3 nitrogen and oxygen atoms in total. The summed E-state index contributed by atoms with van der Waals surface area (Å²) in [5.41, 5.74) is 0.764. The lowest BCUT2D eigenvalue weighted by Crippen LogP contribution is -2.23. The minimum Gasteiger partial charge on any atom is -0.206 e. The van der Waals surface area contributed by atoms with Crippen LogP contribution in [0.25, 0.3) is 0 Å². The van der Waals surface area contributed by atoms with Gasteiger partial charge in [-0.25, -0.2) is 13.1 Å². The number of nitrogens with one attached hydrogen (secondary N) is 1. The zero-order valence-corrected chi connectivity index (χ0v) is 11.9. The van der Waals surface area contributed by atoms with Crippen molar-refractivity contribution < 1.29 is 8.42 Å². The summed E-state index contributed by atoms with van der Waals surface area (Å²) in [6.07, 6.45) is 0. The minimum absolute atomic E-state index is 0.164. The highest BCUT2D eigenvalue weighted by atomic mass is 79.9. The highest BCUT2D eigenvalue weighted by Gasteiger charge is 2.17. The highest BCUT2D eigenvalue weighted by Crippen LogP contribution is 2.29. The van der Waals surface area contributed by atoms with Gasteiger partial charge in [-0.15, -0.1) is 11.3 Å². The van der Waals surface area contributed by atoms with Gasteiger partial charge >= 0.3 is 0 Å². The van der Waals surface area contributed by atoms with E-state index >= 15 is 0 Å². The molecule has 0 aliphatic heterocycles. The maximum atomic E-state index is 11.7. The zero-order chi connectivity index (χ0) is 11.6. The quantitative estimate of drug-likeness (QED) is 0.922. The van der Waals surface area contributed by atoms with Crippen molar-refractivity contribution >= 4 is 48.9 Å². The topological polar surface area (TPSA) is 46.2 Å². The van der Waals surface area contributed by atoms with Gasteiger partial charge < -0.3 is 0 Å². The van der Waals surface area contributed by atoms with Crippen molar-refractivity contribution in [2.75, 3.05) is 6.54 Å². The molecule has 7 heteroatoms. The Balaban J connectivity index is 2.91. The fourth-order valence-electron chi connectivity index (χ4n) is 0.809. The van der Waals surface area contributed by atoms with Gasteiger partial charge in [-0.2, -0.15) is 0 Å². The van der Waals surface area contributed by atoms with E-state index in [-0.39, 0.29) is 10.8 Å². The molecule has 0 saturated heterocycles. The van der Waals surface area contributed by atoms with Gasteiger partial charge in [0.2, 0.25) is 10.0 Å². The summed E-state index contributed by atoms with van der Waals surface area (Å²) < 4.78 is 27.0. The number of hydrogen-bond donors (Lipinski definition) is 1. The van der Waals surface area contributed by atoms with Crippen LogP contribution in [0.3, 0.4) is 0 Å². The van der Waals surface area contributed by atoms with E-state index in [9.17, 15) is 8.42 Å². The first-order valence-electron chi connectivity index (χ1n) is 3.92. The number of aryl methyl sites for hydroxylation is 1. The van der Waals surface area contributed by atoms with E-state index in [0.29, 0.717) is 8.82 Å². The molecule has 0 fully saturated rings.